The number of anilines is 1. The summed E-state index contributed by atoms with van der Waals surface area (Å²) in [4.78, 5) is 46.0. The van der Waals surface area contributed by atoms with Crippen molar-refractivity contribution in [3.63, 3.8) is 0 Å². The van der Waals surface area contributed by atoms with Crippen molar-refractivity contribution in [1.82, 2.24) is 0 Å². The van der Waals surface area contributed by atoms with Gasteiger partial charge in [0.25, 0.3) is 0 Å². The number of carbonyl (C=O) groups is 3. The van der Waals surface area contributed by atoms with Gasteiger partial charge in [-0.1, -0.05) is 34.4 Å². The Morgan fingerprint density at radius 2 is 1.76 bits per heavy atom. The lowest BCUT2D eigenvalue weighted by molar-refractivity contribution is -0.125. The largest absolute Gasteiger partial charge is 0.462 e. The van der Waals surface area contributed by atoms with Crippen LogP contribution in [0.1, 0.15) is 29.3 Å². The Bertz CT molecular complexity index is 1260. The van der Waals surface area contributed by atoms with Gasteiger partial charge in [0, 0.05) is 22.4 Å². The fraction of sp³-hybridized carbons (Fsp3) is 0.360. The SMILES string of the molecule is CCOC(=O)c1ccc(N2C(=O)[C@@H]3[C@H]4C[C@@H]([C@@H]5ON=C(c6ccc(Cl)cc6Cl)[C@@H]45)[C@H]3C2=O)cc1. The number of imide groups is 1. The number of nitrogens with zero attached hydrogens (tertiary/aromatic N) is 2. The van der Waals surface area contributed by atoms with Gasteiger partial charge in [0.1, 0.15) is 6.10 Å². The van der Waals surface area contributed by atoms with E-state index in [1.165, 1.54) is 4.90 Å². The number of fused-ring (bicyclic) bond motifs is 8. The molecule has 2 amide bonds. The number of benzene rings is 2. The molecule has 0 unspecified atom stereocenters. The van der Waals surface area contributed by atoms with Crippen LogP contribution in [0.3, 0.4) is 0 Å². The maximum Gasteiger partial charge on any atom is 0.338 e. The van der Waals surface area contributed by atoms with E-state index in [-0.39, 0.29) is 42.3 Å². The highest BCUT2D eigenvalue weighted by atomic mass is 35.5. The van der Waals surface area contributed by atoms with Crippen molar-refractivity contribution in [3.8, 4) is 0 Å². The van der Waals surface area contributed by atoms with Crippen LogP contribution in [0.2, 0.25) is 10.0 Å². The minimum atomic E-state index is -0.444. The molecule has 6 atom stereocenters. The van der Waals surface area contributed by atoms with E-state index in [1.54, 1.807) is 43.3 Å². The zero-order chi connectivity index (χ0) is 23.7. The minimum Gasteiger partial charge on any atom is -0.462 e. The third kappa shape index (κ3) is 2.96. The molecule has 9 heteroatoms. The molecule has 0 N–H and O–H groups in total. The lowest BCUT2D eigenvalue weighted by Crippen LogP contribution is -2.41. The van der Waals surface area contributed by atoms with Crippen molar-refractivity contribution in [2.75, 3.05) is 11.5 Å². The van der Waals surface area contributed by atoms with Gasteiger partial charge in [-0.05, 0) is 55.7 Å². The molecule has 2 aliphatic carbocycles. The van der Waals surface area contributed by atoms with E-state index in [2.05, 4.69) is 5.16 Å². The number of hydrogen-bond acceptors (Lipinski definition) is 6. The summed E-state index contributed by atoms with van der Waals surface area (Å²) in [7, 11) is 0. The van der Waals surface area contributed by atoms with Gasteiger partial charge in [0.15, 0.2) is 0 Å². The van der Waals surface area contributed by atoms with Gasteiger partial charge in [-0.3, -0.25) is 14.5 Å². The molecule has 174 valence electrons. The summed E-state index contributed by atoms with van der Waals surface area (Å²) in [5, 5.41) is 5.33. The molecule has 2 heterocycles. The molecule has 2 bridgehead atoms. The third-order valence-corrected chi connectivity index (χ3v) is 8.08. The molecule has 6 rings (SSSR count). The number of ether oxygens (including phenoxy) is 1. The van der Waals surface area contributed by atoms with Crippen LogP contribution in [-0.2, 0) is 19.2 Å². The monoisotopic (exact) mass is 498 g/mol. The molecule has 7 nitrogen and oxygen atoms in total. The predicted octanol–water partition coefficient (Wildman–Crippen LogP) is 4.34. The van der Waals surface area contributed by atoms with Crippen LogP contribution in [-0.4, -0.2) is 36.2 Å². The maximum absolute atomic E-state index is 13.5. The van der Waals surface area contributed by atoms with Crippen molar-refractivity contribution < 1.29 is 24.0 Å². The molecule has 0 aromatic heterocycles. The Morgan fingerprint density at radius 1 is 1.06 bits per heavy atom. The van der Waals surface area contributed by atoms with E-state index in [1.807, 2.05) is 6.07 Å². The number of halogens is 2. The Kier molecular flexibility index (Phi) is 4.97. The second-order valence-corrected chi connectivity index (χ2v) is 9.93. The van der Waals surface area contributed by atoms with E-state index in [0.29, 0.717) is 21.3 Å². The Morgan fingerprint density at radius 3 is 2.44 bits per heavy atom. The van der Waals surface area contributed by atoms with Gasteiger partial charge in [0.05, 0.1) is 40.4 Å². The highest BCUT2D eigenvalue weighted by molar-refractivity contribution is 6.37. The topological polar surface area (TPSA) is 85.3 Å². The first-order valence-corrected chi connectivity index (χ1v) is 12.0. The lowest BCUT2D eigenvalue weighted by Gasteiger charge is -2.30. The lowest BCUT2D eigenvalue weighted by atomic mass is 9.71. The average Bonchev–Trinajstić information content (AvgIpc) is 3.55. The van der Waals surface area contributed by atoms with E-state index in [0.717, 1.165) is 17.7 Å². The molecule has 34 heavy (non-hydrogen) atoms. The highest BCUT2D eigenvalue weighted by Crippen LogP contribution is 2.62. The molecule has 2 aliphatic heterocycles. The van der Waals surface area contributed by atoms with Gasteiger partial charge in [0.2, 0.25) is 11.8 Å². The molecule has 1 saturated heterocycles. The van der Waals surface area contributed by atoms with Crippen molar-refractivity contribution in [3.05, 3.63) is 63.6 Å². The smallest absolute Gasteiger partial charge is 0.338 e. The number of esters is 1. The van der Waals surface area contributed by atoms with Crippen LogP contribution >= 0.6 is 23.2 Å². The molecule has 0 radical (unpaired) electrons. The van der Waals surface area contributed by atoms with Crippen LogP contribution in [0.5, 0.6) is 0 Å². The molecular weight excluding hydrogens is 479 g/mol. The van der Waals surface area contributed by atoms with Crippen molar-refractivity contribution >= 4 is 52.4 Å². The molecule has 2 aromatic carbocycles. The van der Waals surface area contributed by atoms with Crippen LogP contribution < -0.4 is 4.90 Å². The van der Waals surface area contributed by atoms with E-state index in [4.69, 9.17) is 32.8 Å². The maximum atomic E-state index is 13.5. The molecule has 0 spiro atoms. The predicted molar refractivity (Wildman–Crippen MR) is 125 cm³/mol. The van der Waals surface area contributed by atoms with E-state index < -0.39 is 17.8 Å². The van der Waals surface area contributed by atoms with Gasteiger partial charge < -0.3 is 9.57 Å². The number of rotatable bonds is 4. The molecule has 2 aromatic rings. The fourth-order valence-corrected chi connectivity index (χ4v) is 6.77. The molecule has 4 aliphatic rings. The minimum absolute atomic E-state index is 0.0618. The quantitative estimate of drug-likeness (QED) is 0.462. The molecule has 3 fully saturated rings. The molecular formula is C25H20Cl2N2O5. The first kappa shape index (κ1) is 21.6. The number of oxime groups is 1. The zero-order valence-corrected chi connectivity index (χ0v) is 19.6. The highest BCUT2D eigenvalue weighted by Gasteiger charge is 2.70. The third-order valence-electron chi connectivity index (χ3n) is 7.53. The van der Waals surface area contributed by atoms with Crippen LogP contribution in [0.4, 0.5) is 5.69 Å². The summed E-state index contributed by atoms with van der Waals surface area (Å²) < 4.78 is 5.01. The second kappa shape index (κ2) is 7.82. The van der Waals surface area contributed by atoms with Crippen LogP contribution in [0.25, 0.3) is 0 Å². The van der Waals surface area contributed by atoms with Crippen molar-refractivity contribution in [2.24, 2.45) is 34.7 Å². The summed E-state index contributed by atoms with van der Waals surface area (Å²) in [5.74, 6) is -1.99. The van der Waals surface area contributed by atoms with Crippen molar-refractivity contribution in [1.29, 1.82) is 0 Å². The zero-order valence-electron chi connectivity index (χ0n) is 18.1. The Balaban J connectivity index is 1.29. The van der Waals surface area contributed by atoms with Gasteiger partial charge in [-0.15, -0.1) is 0 Å². The fourth-order valence-electron chi connectivity index (χ4n) is 6.26. The Labute approximate surface area is 205 Å². The normalized spacial score (nSPS) is 30.8. The number of hydrogen-bond donors (Lipinski definition) is 0. The number of amides is 2. The van der Waals surface area contributed by atoms with Crippen LogP contribution in [0, 0.1) is 29.6 Å². The molecule has 2 saturated carbocycles. The van der Waals surface area contributed by atoms with E-state index in [9.17, 15) is 14.4 Å². The van der Waals surface area contributed by atoms with Gasteiger partial charge in [-0.2, -0.15) is 0 Å². The summed E-state index contributed by atoms with van der Waals surface area (Å²) >= 11 is 12.5. The van der Waals surface area contributed by atoms with E-state index >= 15 is 0 Å². The first-order chi connectivity index (χ1) is 16.4. The standard InChI is InChI=1S/C25H20Cl2N2O5/c1-2-33-25(32)11-3-6-13(7-4-11)29-23(30)18-15-10-16(19(18)24(29)31)22-20(15)21(28-34-22)14-8-5-12(26)9-17(14)27/h3-9,15-16,18-20,22H,2,10H2,1H3/t15-,16-,18-,19-,20-,22+/m1/s1. The Hall–Kier alpha value is -2.90. The second-order valence-electron chi connectivity index (χ2n) is 9.09. The first-order valence-electron chi connectivity index (χ1n) is 11.2. The van der Waals surface area contributed by atoms with Crippen molar-refractivity contribution in [2.45, 2.75) is 19.4 Å². The average molecular weight is 499 g/mol. The summed E-state index contributed by atoms with van der Waals surface area (Å²) in [6, 6.07) is 11.6. The van der Waals surface area contributed by atoms with Gasteiger partial charge >= 0.3 is 5.97 Å². The van der Waals surface area contributed by atoms with Gasteiger partial charge in [-0.25, -0.2) is 4.79 Å². The number of carbonyl (C=O) groups excluding carboxylic acids is 3. The van der Waals surface area contributed by atoms with Crippen LogP contribution in [0.15, 0.2) is 47.6 Å². The summed E-state index contributed by atoms with van der Waals surface area (Å²) in [5.41, 5.74) is 2.28. The summed E-state index contributed by atoms with van der Waals surface area (Å²) in [6.45, 7) is 2.00. The summed E-state index contributed by atoms with van der Waals surface area (Å²) in [6.07, 6.45) is 0.484.